The summed E-state index contributed by atoms with van der Waals surface area (Å²) in [6.07, 6.45) is 0. The standard InChI is InChI=1S/C63H34N4OS2/c1-3-14-38-33-52-47(29-36(38)12-1)48-30-37-13-2-4-15-39(37)34-53(48)67(52)51-26-25-46(58-45-24-21-35-11-5-6-16-42(35)59(45)68-60(51)58)63-65-61(40-22-27-56-49(31-40)43-17-7-9-19-54(43)69-56)64-62(66-63)41-23-28-57-50(32-41)44-18-8-10-20-55(44)70-57/h1-34H. The Labute approximate surface area is 406 Å². The number of furan rings is 1. The number of thiophene rings is 2. The molecule has 16 rings (SSSR count). The monoisotopic (exact) mass is 926 g/mol. The van der Waals surface area contributed by atoms with E-state index in [1.807, 2.05) is 22.7 Å². The highest BCUT2D eigenvalue weighted by atomic mass is 32.1. The maximum Gasteiger partial charge on any atom is 0.164 e. The van der Waals surface area contributed by atoms with E-state index in [4.69, 9.17) is 19.4 Å². The number of aromatic nitrogens is 4. The lowest BCUT2D eigenvalue weighted by Gasteiger charge is -2.13. The van der Waals surface area contributed by atoms with Gasteiger partial charge in [0.1, 0.15) is 5.58 Å². The third-order valence-corrected chi connectivity index (χ3v) is 16.7. The smallest absolute Gasteiger partial charge is 0.164 e. The molecule has 0 amide bonds. The van der Waals surface area contributed by atoms with E-state index in [1.165, 1.54) is 72.7 Å². The van der Waals surface area contributed by atoms with Gasteiger partial charge < -0.3 is 8.98 Å². The number of nitrogens with zero attached hydrogens (tertiary/aromatic N) is 4. The minimum Gasteiger partial charge on any atom is -0.453 e. The Hall–Kier alpha value is -8.75. The van der Waals surface area contributed by atoms with E-state index < -0.39 is 0 Å². The first kappa shape index (κ1) is 38.2. The summed E-state index contributed by atoms with van der Waals surface area (Å²) in [5.74, 6) is 1.81. The van der Waals surface area contributed by atoms with Crippen molar-refractivity contribution in [3.05, 3.63) is 206 Å². The van der Waals surface area contributed by atoms with Crippen molar-refractivity contribution in [2.24, 2.45) is 0 Å². The van der Waals surface area contributed by atoms with E-state index in [-0.39, 0.29) is 0 Å². The van der Waals surface area contributed by atoms with Gasteiger partial charge in [0.05, 0.1) is 16.7 Å². The van der Waals surface area contributed by atoms with Crippen molar-refractivity contribution >= 4 is 139 Å². The number of hydrogen-bond donors (Lipinski definition) is 0. The lowest BCUT2D eigenvalue weighted by molar-refractivity contribution is 0.670. The molecule has 0 unspecified atom stereocenters. The van der Waals surface area contributed by atoms with Crippen LogP contribution in [0.3, 0.4) is 0 Å². The summed E-state index contributed by atoms with van der Waals surface area (Å²) >= 11 is 3.62. The zero-order chi connectivity index (χ0) is 45.6. The molecule has 324 valence electrons. The molecule has 0 saturated heterocycles. The Balaban J connectivity index is 1.01. The van der Waals surface area contributed by atoms with E-state index in [1.54, 1.807) is 0 Å². The summed E-state index contributed by atoms with van der Waals surface area (Å²) in [5, 5.41) is 16.1. The molecule has 5 nitrogen and oxygen atoms in total. The Morgan fingerprint density at radius 1 is 0.329 bits per heavy atom. The highest BCUT2D eigenvalue weighted by Gasteiger charge is 2.25. The van der Waals surface area contributed by atoms with Crippen LogP contribution in [0.25, 0.3) is 156 Å². The fourth-order valence-corrected chi connectivity index (χ4v) is 13.3. The van der Waals surface area contributed by atoms with E-state index >= 15 is 0 Å². The average molecular weight is 927 g/mol. The Morgan fingerprint density at radius 3 is 1.40 bits per heavy atom. The summed E-state index contributed by atoms with van der Waals surface area (Å²) in [6, 6.07) is 74.4. The number of benzene rings is 11. The van der Waals surface area contributed by atoms with Crippen LogP contribution in [0.4, 0.5) is 0 Å². The number of hydrogen-bond acceptors (Lipinski definition) is 6. The largest absolute Gasteiger partial charge is 0.453 e. The molecule has 0 fully saturated rings. The first-order valence-electron chi connectivity index (χ1n) is 23.5. The molecule has 0 radical (unpaired) electrons. The van der Waals surface area contributed by atoms with E-state index in [0.717, 1.165) is 66.1 Å². The molecule has 0 aliphatic rings. The summed E-state index contributed by atoms with van der Waals surface area (Å²) in [6.45, 7) is 0. The predicted octanol–water partition coefficient (Wildman–Crippen LogP) is 18.1. The number of fused-ring (bicyclic) bond motifs is 16. The SMILES string of the molecule is c1ccc2cc3c(cc2c1)c1cc2ccccc2cc1n3-c1ccc(-c2nc(-c3ccc4sc5ccccc5c4c3)nc(-c3ccc4sc5ccccc5c4c3)n2)c2c1oc1c3ccccc3ccc12. The van der Waals surface area contributed by atoms with E-state index in [2.05, 4.69) is 211 Å². The van der Waals surface area contributed by atoms with Crippen LogP contribution in [0.2, 0.25) is 0 Å². The van der Waals surface area contributed by atoms with Crippen LogP contribution in [0, 0.1) is 0 Å². The van der Waals surface area contributed by atoms with Gasteiger partial charge in [-0.1, -0.05) is 115 Å². The van der Waals surface area contributed by atoms with Gasteiger partial charge in [0.25, 0.3) is 0 Å². The molecule has 0 saturated carbocycles. The second kappa shape index (κ2) is 14.4. The lowest BCUT2D eigenvalue weighted by Crippen LogP contribution is -2.01. The zero-order valence-electron chi connectivity index (χ0n) is 37.1. The second-order valence-electron chi connectivity index (χ2n) is 18.3. The van der Waals surface area contributed by atoms with Crippen LogP contribution in [-0.2, 0) is 0 Å². The van der Waals surface area contributed by atoms with Crippen molar-refractivity contribution in [1.29, 1.82) is 0 Å². The molecule has 5 heterocycles. The van der Waals surface area contributed by atoms with E-state index in [9.17, 15) is 0 Å². The van der Waals surface area contributed by atoms with Gasteiger partial charge >= 0.3 is 0 Å². The molecular formula is C63H34N4OS2. The second-order valence-corrected chi connectivity index (χ2v) is 20.5. The molecule has 11 aromatic carbocycles. The normalized spacial score (nSPS) is 12.3. The quantitative estimate of drug-likeness (QED) is 0.176. The topological polar surface area (TPSA) is 56.7 Å². The van der Waals surface area contributed by atoms with Gasteiger partial charge in [-0.2, -0.15) is 0 Å². The van der Waals surface area contributed by atoms with Crippen LogP contribution >= 0.6 is 22.7 Å². The van der Waals surface area contributed by atoms with Gasteiger partial charge in [0.2, 0.25) is 0 Å². The summed E-state index contributed by atoms with van der Waals surface area (Å²) in [7, 11) is 0. The molecule has 16 aromatic rings. The Bertz CT molecular complexity index is 4690. The minimum absolute atomic E-state index is 0.581. The van der Waals surface area contributed by atoms with Crippen molar-refractivity contribution in [2.75, 3.05) is 0 Å². The van der Waals surface area contributed by atoms with Crippen LogP contribution < -0.4 is 0 Å². The summed E-state index contributed by atoms with van der Waals surface area (Å²) < 4.78 is 14.7. The van der Waals surface area contributed by atoms with Crippen LogP contribution in [0.1, 0.15) is 0 Å². The maximum absolute atomic E-state index is 7.36. The lowest BCUT2D eigenvalue weighted by atomic mass is 10.0. The molecule has 0 N–H and O–H groups in total. The molecule has 0 spiro atoms. The average Bonchev–Trinajstić information content (AvgIpc) is 4.18. The first-order valence-corrected chi connectivity index (χ1v) is 25.1. The van der Waals surface area contributed by atoms with Crippen molar-refractivity contribution in [2.45, 2.75) is 0 Å². The van der Waals surface area contributed by atoms with Crippen molar-refractivity contribution < 1.29 is 4.42 Å². The van der Waals surface area contributed by atoms with Gasteiger partial charge in [-0.25, -0.2) is 15.0 Å². The van der Waals surface area contributed by atoms with Gasteiger partial charge in [-0.05, 0) is 118 Å². The molecule has 0 aliphatic heterocycles. The number of rotatable bonds is 4. The maximum atomic E-state index is 7.36. The molecule has 0 aliphatic carbocycles. The third-order valence-electron chi connectivity index (χ3n) is 14.4. The summed E-state index contributed by atoms with van der Waals surface area (Å²) in [4.78, 5) is 16.3. The summed E-state index contributed by atoms with van der Waals surface area (Å²) in [5.41, 5.74) is 7.51. The highest BCUT2D eigenvalue weighted by Crippen LogP contribution is 2.46. The predicted molar refractivity (Wildman–Crippen MR) is 296 cm³/mol. The van der Waals surface area contributed by atoms with Crippen LogP contribution in [0.15, 0.2) is 211 Å². The van der Waals surface area contributed by atoms with Gasteiger partial charge in [0.15, 0.2) is 23.1 Å². The van der Waals surface area contributed by atoms with Crippen LogP contribution in [0.5, 0.6) is 0 Å². The first-order chi connectivity index (χ1) is 34.6. The fraction of sp³-hybridized carbons (Fsp3) is 0. The molecule has 0 bridgehead atoms. The molecule has 5 aromatic heterocycles. The highest BCUT2D eigenvalue weighted by molar-refractivity contribution is 7.26. The van der Waals surface area contributed by atoms with Gasteiger partial charge in [0, 0.05) is 84.0 Å². The van der Waals surface area contributed by atoms with Crippen molar-refractivity contribution in [3.63, 3.8) is 0 Å². The van der Waals surface area contributed by atoms with Crippen molar-refractivity contribution in [3.8, 4) is 39.9 Å². The van der Waals surface area contributed by atoms with Gasteiger partial charge in [-0.15, -0.1) is 22.7 Å². The minimum atomic E-state index is 0.581. The molecular weight excluding hydrogens is 893 g/mol. The van der Waals surface area contributed by atoms with E-state index in [0.29, 0.717) is 17.5 Å². The molecule has 7 heteroatoms. The zero-order valence-corrected chi connectivity index (χ0v) is 38.8. The van der Waals surface area contributed by atoms with Gasteiger partial charge in [-0.3, -0.25) is 0 Å². The Morgan fingerprint density at radius 2 is 0.814 bits per heavy atom. The fourth-order valence-electron chi connectivity index (χ4n) is 11.1. The van der Waals surface area contributed by atoms with Crippen LogP contribution in [-0.4, -0.2) is 19.5 Å². The Kier molecular flexibility index (Phi) is 7.86. The third kappa shape index (κ3) is 5.55. The molecule has 70 heavy (non-hydrogen) atoms. The molecule has 0 atom stereocenters. The van der Waals surface area contributed by atoms with Crippen molar-refractivity contribution in [1.82, 2.24) is 19.5 Å².